The van der Waals surface area contributed by atoms with Gasteiger partial charge in [0.2, 0.25) is 0 Å². The Labute approximate surface area is 112 Å². The van der Waals surface area contributed by atoms with Crippen LogP contribution < -0.4 is 5.32 Å². The fraction of sp³-hybridized carbons (Fsp3) is 0.769. The maximum Gasteiger partial charge on any atom is 0.336 e. The Morgan fingerprint density at radius 2 is 2.26 bits per heavy atom. The van der Waals surface area contributed by atoms with Gasteiger partial charge in [-0.2, -0.15) is 0 Å². The predicted molar refractivity (Wildman–Crippen MR) is 66.9 cm³/mol. The first-order valence-corrected chi connectivity index (χ1v) is 6.43. The van der Waals surface area contributed by atoms with E-state index in [0.717, 1.165) is 0 Å². The van der Waals surface area contributed by atoms with Crippen molar-refractivity contribution in [2.24, 2.45) is 5.92 Å². The highest BCUT2D eigenvalue weighted by atomic mass is 16.7. The van der Waals surface area contributed by atoms with E-state index in [9.17, 15) is 9.90 Å². The first kappa shape index (κ1) is 14.3. The minimum absolute atomic E-state index is 0.131. The van der Waals surface area contributed by atoms with Gasteiger partial charge in [-0.15, -0.1) is 0 Å². The molecule has 2 N–H and O–H groups in total. The van der Waals surface area contributed by atoms with E-state index in [4.69, 9.17) is 14.2 Å². The number of carbonyl (C=O) groups excluding carboxylic acids is 1. The van der Waals surface area contributed by atoms with Crippen LogP contribution >= 0.6 is 0 Å². The van der Waals surface area contributed by atoms with E-state index in [2.05, 4.69) is 5.32 Å². The summed E-state index contributed by atoms with van der Waals surface area (Å²) in [5.74, 6) is -0.712. The highest BCUT2D eigenvalue weighted by Gasteiger charge is 2.48. The van der Waals surface area contributed by atoms with Gasteiger partial charge in [-0.1, -0.05) is 0 Å². The average molecular weight is 271 g/mol. The van der Waals surface area contributed by atoms with Gasteiger partial charge in [0.1, 0.15) is 0 Å². The molecule has 108 valence electrons. The molecular weight excluding hydrogens is 250 g/mol. The fourth-order valence-electron chi connectivity index (χ4n) is 2.69. The quantitative estimate of drug-likeness (QED) is 0.728. The Morgan fingerprint density at radius 3 is 2.84 bits per heavy atom. The minimum atomic E-state index is -1.13. The topological polar surface area (TPSA) is 77.0 Å². The SMILES string of the molecule is CO[C@H]1OC[C@@]2(O)C[C@@H]1C(C(=O)OC(C)C)=C(C)N2. The second kappa shape index (κ2) is 5.11. The van der Waals surface area contributed by atoms with Gasteiger partial charge in [0.15, 0.2) is 12.0 Å². The van der Waals surface area contributed by atoms with Gasteiger partial charge in [0, 0.05) is 25.1 Å². The second-order valence-corrected chi connectivity index (χ2v) is 5.38. The number of hydrogen-bond donors (Lipinski definition) is 2. The summed E-state index contributed by atoms with van der Waals surface area (Å²) < 4.78 is 16.0. The zero-order valence-electron chi connectivity index (χ0n) is 11.7. The zero-order chi connectivity index (χ0) is 14.2. The van der Waals surface area contributed by atoms with E-state index in [0.29, 0.717) is 17.7 Å². The van der Waals surface area contributed by atoms with Gasteiger partial charge in [-0.3, -0.25) is 0 Å². The summed E-state index contributed by atoms with van der Waals surface area (Å²) in [7, 11) is 1.53. The Hall–Kier alpha value is -1.11. The molecule has 2 heterocycles. The summed E-state index contributed by atoms with van der Waals surface area (Å²) in [6.07, 6.45) is -0.364. The largest absolute Gasteiger partial charge is 0.460 e. The summed E-state index contributed by atoms with van der Waals surface area (Å²) in [5, 5.41) is 13.2. The van der Waals surface area contributed by atoms with Crippen LogP contribution in [0.5, 0.6) is 0 Å². The van der Waals surface area contributed by atoms with Crippen molar-refractivity contribution in [2.75, 3.05) is 13.7 Å². The molecule has 2 rings (SSSR count). The molecular formula is C13H21NO5. The molecule has 1 saturated heterocycles. The van der Waals surface area contributed by atoms with Gasteiger partial charge < -0.3 is 24.6 Å². The average Bonchev–Trinajstić information content (AvgIpc) is 2.26. The molecule has 0 saturated carbocycles. The molecule has 0 aromatic carbocycles. The van der Waals surface area contributed by atoms with Gasteiger partial charge in [0.05, 0.1) is 18.3 Å². The Balaban J connectivity index is 2.31. The number of allylic oxidation sites excluding steroid dienone is 1. The zero-order valence-corrected chi connectivity index (χ0v) is 11.7. The number of nitrogens with one attached hydrogen (secondary N) is 1. The molecule has 2 aliphatic heterocycles. The molecule has 1 fully saturated rings. The lowest BCUT2D eigenvalue weighted by atomic mass is 9.82. The maximum absolute atomic E-state index is 12.2. The fourth-order valence-corrected chi connectivity index (χ4v) is 2.69. The van der Waals surface area contributed by atoms with E-state index in [1.807, 2.05) is 0 Å². The van der Waals surface area contributed by atoms with Crippen LogP contribution in [0.1, 0.15) is 27.2 Å². The van der Waals surface area contributed by atoms with Gasteiger partial charge in [-0.25, -0.2) is 4.79 Å². The van der Waals surface area contributed by atoms with Crippen molar-refractivity contribution in [3.05, 3.63) is 11.3 Å². The van der Waals surface area contributed by atoms with E-state index in [1.165, 1.54) is 7.11 Å². The first-order valence-electron chi connectivity index (χ1n) is 6.43. The third kappa shape index (κ3) is 2.75. The number of carbonyl (C=O) groups is 1. The van der Waals surface area contributed by atoms with Crippen molar-refractivity contribution in [3.63, 3.8) is 0 Å². The molecule has 2 bridgehead atoms. The van der Waals surface area contributed by atoms with Crippen LogP contribution in [0.25, 0.3) is 0 Å². The Bertz CT molecular complexity index is 406. The monoisotopic (exact) mass is 271 g/mol. The summed E-state index contributed by atoms with van der Waals surface area (Å²) in [5.41, 5.74) is -0.0227. The maximum atomic E-state index is 12.2. The molecule has 0 unspecified atom stereocenters. The number of methoxy groups -OCH3 is 1. The van der Waals surface area contributed by atoms with E-state index in [1.54, 1.807) is 20.8 Å². The summed E-state index contributed by atoms with van der Waals surface area (Å²) >= 11 is 0. The molecule has 0 spiro atoms. The summed E-state index contributed by atoms with van der Waals surface area (Å²) in [6.45, 7) is 5.48. The highest BCUT2D eigenvalue weighted by molar-refractivity contribution is 5.90. The Morgan fingerprint density at radius 1 is 1.58 bits per heavy atom. The number of rotatable bonds is 3. The van der Waals surface area contributed by atoms with Crippen molar-refractivity contribution in [1.29, 1.82) is 0 Å². The molecule has 0 radical (unpaired) electrons. The van der Waals surface area contributed by atoms with Gasteiger partial charge in [0.25, 0.3) is 0 Å². The van der Waals surface area contributed by atoms with Crippen molar-refractivity contribution in [2.45, 2.75) is 45.3 Å². The van der Waals surface area contributed by atoms with Crippen LogP contribution in [0.15, 0.2) is 11.3 Å². The van der Waals surface area contributed by atoms with Crippen LogP contribution in [-0.2, 0) is 19.0 Å². The number of hydrogen-bond acceptors (Lipinski definition) is 6. The van der Waals surface area contributed by atoms with Crippen LogP contribution in [0.4, 0.5) is 0 Å². The van der Waals surface area contributed by atoms with Crippen LogP contribution in [0, 0.1) is 5.92 Å². The Kier molecular flexibility index (Phi) is 3.85. The van der Waals surface area contributed by atoms with Crippen molar-refractivity contribution in [1.82, 2.24) is 5.32 Å². The predicted octanol–water partition coefficient (Wildman–Crippen LogP) is 0.513. The normalized spacial score (nSPS) is 34.2. The minimum Gasteiger partial charge on any atom is -0.460 e. The summed E-state index contributed by atoms with van der Waals surface area (Å²) in [4.78, 5) is 12.2. The molecule has 3 atom stereocenters. The lowest BCUT2D eigenvalue weighted by molar-refractivity contribution is -0.237. The first-order chi connectivity index (χ1) is 8.86. The smallest absolute Gasteiger partial charge is 0.336 e. The van der Waals surface area contributed by atoms with Gasteiger partial charge in [-0.05, 0) is 20.8 Å². The van der Waals surface area contributed by atoms with Crippen molar-refractivity contribution < 1.29 is 24.1 Å². The van der Waals surface area contributed by atoms with Crippen molar-refractivity contribution >= 4 is 5.97 Å². The van der Waals surface area contributed by atoms with E-state index in [-0.39, 0.29) is 24.6 Å². The second-order valence-electron chi connectivity index (χ2n) is 5.38. The van der Waals surface area contributed by atoms with Crippen molar-refractivity contribution in [3.8, 4) is 0 Å². The lowest BCUT2D eigenvalue weighted by Crippen LogP contribution is -2.60. The number of fused-ring (bicyclic) bond motifs is 2. The third-order valence-electron chi connectivity index (χ3n) is 3.36. The molecule has 0 aromatic rings. The molecule has 0 amide bonds. The number of aliphatic hydroxyl groups is 1. The molecule has 0 aliphatic carbocycles. The third-order valence-corrected chi connectivity index (χ3v) is 3.36. The van der Waals surface area contributed by atoms with Gasteiger partial charge >= 0.3 is 5.97 Å². The van der Waals surface area contributed by atoms with Crippen LogP contribution in [-0.4, -0.2) is 42.9 Å². The standard InChI is InChI=1S/C13H21NO5/c1-7(2)19-11(15)10-8(3)14-13(16)5-9(10)12(17-4)18-6-13/h7,9,12,14,16H,5-6H2,1-4H3/t9-,12+,13+/m1/s1. The van der Waals surface area contributed by atoms with E-state index >= 15 is 0 Å². The van der Waals surface area contributed by atoms with Crippen LogP contribution in [0.3, 0.4) is 0 Å². The van der Waals surface area contributed by atoms with Crippen LogP contribution in [0.2, 0.25) is 0 Å². The number of ether oxygens (including phenoxy) is 3. The molecule has 0 aromatic heterocycles. The molecule has 2 aliphatic rings. The lowest BCUT2D eigenvalue weighted by Gasteiger charge is -2.46. The number of esters is 1. The molecule has 6 nitrogen and oxygen atoms in total. The highest BCUT2D eigenvalue weighted by Crippen LogP contribution is 2.38. The molecule has 6 heteroatoms. The summed E-state index contributed by atoms with van der Waals surface area (Å²) in [6, 6.07) is 0. The molecule has 19 heavy (non-hydrogen) atoms. The van der Waals surface area contributed by atoms with E-state index < -0.39 is 12.0 Å².